The van der Waals surface area contributed by atoms with Gasteiger partial charge in [-0.1, -0.05) is 122 Å². The maximum atomic E-state index is 12.3. The van der Waals surface area contributed by atoms with Crippen LogP contribution in [0.3, 0.4) is 0 Å². The number of hydrogen-bond donors (Lipinski definition) is 0. The van der Waals surface area contributed by atoms with Crippen LogP contribution in [0, 0.1) is 17.8 Å². The van der Waals surface area contributed by atoms with Gasteiger partial charge in [0.2, 0.25) is 0 Å². The minimum atomic E-state index is -0.167. The molecule has 3 rings (SSSR count). The molecule has 0 unspecified atom stereocenters. The molecule has 2 aliphatic carbocycles. The number of carbonyl (C=O) groups is 1. The third-order valence-corrected chi connectivity index (χ3v) is 8.45. The van der Waals surface area contributed by atoms with E-state index in [9.17, 15) is 4.79 Å². The lowest BCUT2D eigenvalue weighted by Gasteiger charge is -2.36. The maximum absolute atomic E-state index is 12.3. The number of benzene rings is 1. The molecule has 2 aliphatic rings. The second kappa shape index (κ2) is 15.6. The average Bonchev–Trinajstić information content (AvgIpc) is 2.79. The Hall–Kier alpha value is -1.31. The van der Waals surface area contributed by atoms with Crippen molar-refractivity contribution >= 4 is 5.97 Å². The molecule has 0 aliphatic heterocycles. The highest BCUT2D eigenvalue weighted by Crippen LogP contribution is 2.40. The predicted molar refractivity (Wildman–Crippen MR) is 140 cm³/mol. The van der Waals surface area contributed by atoms with Gasteiger partial charge in [-0.25, -0.2) is 4.79 Å². The van der Waals surface area contributed by atoms with Crippen LogP contribution >= 0.6 is 0 Å². The standard InChI is InChI=1S/C31H50O2/c1-2-3-14-25-33-31(32)29-22-19-26(20-23-29)21-24-30(27-15-10-6-4-7-11-16-27)28-17-12-8-5-9-13-18-28/h19-20,22-23,27-28,30H,2-18,21,24-25H2,1H3. The molecule has 186 valence electrons. The van der Waals surface area contributed by atoms with Gasteiger partial charge in [-0.3, -0.25) is 0 Å². The number of rotatable bonds is 10. The zero-order valence-corrected chi connectivity index (χ0v) is 21.5. The SMILES string of the molecule is CCCCCOC(=O)c1ccc(CCC(C2CCCCCCC2)C2CCCCCCC2)cc1. The van der Waals surface area contributed by atoms with Crippen molar-refractivity contribution in [2.24, 2.45) is 17.8 Å². The van der Waals surface area contributed by atoms with Gasteiger partial charge in [0.1, 0.15) is 0 Å². The molecular weight excluding hydrogens is 404 g/mol. The molecule has 0 bridgehead atoms. The summed E-state index contributed by atoms with van der Waals surface area (Å²) >= 11 is 0. The van der Waals surface area contributed by atoms with Crippen LogP contribution in [0.4, 0.5) is 0 Å². The van der Waals surface area contributed by atoms with E-state index < -0.39 is 0 Å². The summed E-state index contributed by atoms with van der Waals surface area (Å²) in [5.41, 5.74) is 2.09. The zero-order chi connectivity index (χ0) is 23.1. The van der Waals surface area contributed by atoms with E-state index >= 15 is 0 Å². The van der Waals surface area contributed by atoms with Crippen LogP contribution in [0.25, 0.3) is 0 Å². The Morgan fingerprint density at radius 1 is 0.788 bits per heavy atom. The highest BCUT2D eigenvalue weighted by molar-refractivity contribution is 5.89. The summed E-state index contributed by atoms with van der Waals surface area (Å²) < 4.78 is 5.43. The Morgan fingerprint density at radius 3 is 1.82 bits per heavy atom. The summed E-state index contributed by atoms with van der Waals surface area (Å²) in [5.74, 6) is 2.60. The molecule has 0 N–H and O–H groups in total. The van der Waals surface area contributed by atoms with Crippen molar-refractivity contribution in [3.8, 4) is 0 Å². The van der Waals surface area contributed by atoms with Crippen LogP contribution in [0.1, 0.15) is 138 Å². The van der Waals surface area contributed by atoms with Gasteiger partial charge in [0.25, 0.3) is 0 Å². The lowest BCUT2D eigenvalue weighted by Crippen LogP contribution is -2.26. The van der Waals surface area contributed by atoms with Crippen molar-refractivity contribution in [2.75, 3.05) is 6.61 Å². The Kier molecular flexibility index (Phi) is 12.4. The highest BCUT2D eigenvalue weighted by Gasteiger charge is 2.29. The first-order valence-corrected chi connectivity index (χ1v) is 14.5. The lowest BCUT2D eigenvalue weighted by atomic mass is 9.69. The third-order valence-electron chi connectivity index (χ3n) is 8.45. The van der Waals surface area contributed by atoms with E-state index in [2.05, 4.69) is 19.1 Å². The number of unbranched alkanes of at least 4 members (excludes halogenated alkanes) is 2. The van der Waals surface area contributed by atoms with Gasteiger partial charge in [-0.05, 0) is 54.7 Å². The number of ether oxygens (including phenoxy) is 1. The summed E-state index contributed by atoms with van der Waals surface area (Å²) in [6, 6.07) is 8.32. The molecule has 1 aromatic rings. The van der Waals surface area contributed by atoms with Gasteiger partial charge in [-0.2, -0.15) is 0 Å². The average molecular weight is 455 g/mol. The first-order valence-electron chi connectivity index (χ1n) is 14.5. The summed E-state index contributed by atoms with van der Waals surface area (Å²) in [6.07, 6.45) is 26.1. The highest BCUT2D eigenvalue weighted by atomic mass is 16.5. The number of hydrogen-bond acceptors (Lipinski definition) is 2. The van der Waals surface area contributed by atoms with Crippen molar-refractivity contribution in [1.29, 1.82) is 0 Å². The fraction of sp³-hybridized carbons (Fsp3) is 0.774. The minimum absolute atomic E-state index is 0.167. The molecule has 0 saturated heterocycles. The van der Waals surface area contributed by atoms with Gasteiger partial charge in [0, 0.05) is 0 Å². The molecule has 33 heavy (non-hydrogen) atoms. The van der Waals surface area contributed by atoms with Crippen molar-refractivity contribution in [3.05, 3.63) is 35.4 Å². The molecule has 0 atom stereocenters. The smallest absolute Gasteiger partial charge is 0.338 e. The largest absolute Gasteiger partial charge is 0.462 e. The molecule has 1 aromatic carbocycles. The van der Waals surface area contributed by atoms with Crippen molar-refractivity contribution in [2.45, 2.75) is 129 Å². The Labute approximate surface area is 204 Å². The normalized spacial score (nSPS) is 19.5. The minimum Gasteiger partial charge on any atom is -0.462 e. The van der Waals surface area contributed by atoms with E-state index in [4.69, 9.17) is 4.74 Å². The van der Waals surface area contributed by atoms with E-state index in [1.54, 1.807) is 0 Å². The van der Waals surface area contributed by atoms with Gasteiger partial charge in [0.15, 0.2) is 0 Å². The summed E-state index contributed by atoms with van der Waals surface area (Å²) in [7, 11) is 0. The molecule has 2 fully saturated rings. The van der Waals surface area contributed by atoms with Crippen LogP contribution < -0.4 is 0 Å². The molecule has 2 nitrogen and oxygen atoms in total. The molecular formula is C31H50O2. The van der Waals surface area contributed by atoms with E-state index in [0.29, 0.717) is 12.2 Å². The fourth-order valence-corrected chi connectivity index (χ4v) is 6.43. The van der Waals surface area contributed by atoms with Crippen LogP contribution in [-0.2, 0) is 11.2 Å². The van der Waals surface area contributed by atoms with E-state index in [1.807, 2.05) is 12.1 Å². The summed E-state index contributed by atoms with van der Waals surface area (Å²) in [4.78, 5) is 12.3. The van der Waals surface area contributed by atoms with Crippen LogP contribution in [0.5, 0.6) is 0 Å². The third kappa shape index (κ3) is 9.45. The van der Waals surface area contributed by atoms with Crippen molar-refractivity contribution < 1.29 is 9.53 Å². The van der Waals surface area contributed by atoms with Gasteiger partial charge >= 0.3 is 5.97 Å². The van der Waals surface area contributed by atoms with E-state index in [1.165, 1.54) is 102 Å². The van der Waals surface area contributed by atoms with E-state index in [-0.39, 0.29) is 5.97 Å². The van der Waals surface area contributed by atoms with Crippen LogP contribution in [0.2, 0.25) is 0 Å². The number of esters is 1. The van der Waals surface area contributed by atoms with Crippen molar-refractivity contribution in [3.63, 3.8) is 0 Å². The van der Waals surface area contributed by atoms with Gasteiger partial charge < -0.3 is 4.74 Å². The Morgan fingerprint density at radius 2 is 1.30 bits per heavy atom. The second-order valence-electron chi connectivity index (χ2n) is 11.0. The monoisotopic (exact) mass is 454 g/mol. The van der Waals surface area contributed by atoms with Crippen LogP contribution in [-0.4, -0.2) is 12.6 Å². The second-order valence-corrected chi connectivity index (χ2v) is 11.0. The van der Waals surface area contributed by atoms with Crippen molar-refractivity contribution in [1.82, 2.24) is 0 Å². The summed E-state index contributed by atoms with van der Waals surface area (Å²) in [5, 5.41) is 0. The van der Waals surface area contributed by atoms with Gasteiger partial charge in [-0.15, -0.1) is 0 Å². The topological polar surface area (TPSA) is 26.3 Å². The number of aryl methyl sites for hydroxylation is 1. The Bertz CT molecular complexity index is 611. The first-order chi connectivity index (χ1) is 16.3. The molecule has 0 aromatic heterocycles. The van der Waals surface area contributed by atoms with Crippen LogP contribution in [0.15, 0.2) is 24.3 Å². The van der Waals surface area contributed by atoms with Gasteiger partial charge in [0.05, 0.1) is 12.2 Å². The zero-order valence-electron chi connectivity index (χ0n) is 21.5. The molecule has 0 amide bonds. The maximum Gasteiger partial charge on any atom is 0.338 e. The molecule has 0 radical (unpaired) electrons. The molecule has 2 saturated carbocycles. The quantitative estimate of drug-likeness (QED) is 0.260. The first kappa shape index (κ1) is 26.3. The lowest BCUT2D eigenvalue weighted by molar-refractivity contribution is 0.0498. The Balaban J connectivity index is 1.58. The molecule has 0 spiro atoms. The number of carbonyl (C=O) groups excluding carboxylic acids is 1. The predicted octanol–water partition coefficient (Wildman–Crippen LogP) is 9.30. The van der Waals surface area contributed by atoms with E-state index in [0.717, 1.165) is 43.4 Å². The summed E-state index contributed by atoms with van der Waals surface area (Å²) in [6.45, 7) is 2.71. The molecule has 2 heteroatoms. The molecule has 0 heterocycles. The fourth-order valence-electron chi connectivity index (χ4n) is 6.43.